The highest BCUT2D eigenvalue weighted by molar-refractivity contribution is 6.03. The number of nitrogens with zero attached hydrogens (tertiary/aromatic N) is 5. The lowest BCUT2D eigenvalue weighted by Crippen LogP contribution is -2.29. The molecule has 1 aliphatic carbocycles. The van der Waals surface area contributed by atoms with Gasteiger partial charge >= 0.3 is 0 Å². The number of carbonyl (C=O) groups excluding carboxylic acids is 1. The summed E-state index contributed by atoms with van der Waals surface area (Å²) < 4.78 is 13.8. The maximum absolute atomic E-state index is 12.0. The van der Waals surface area contributed by atoms with Gasteiger partial charge in [0, 0.05) is 49.5 Å². The summed E-state index contributed by atoms with van der Waals surface area (Å²) >= 11 is 0. The minimum Gasteiger partial charge on any atom is -0.493 e. The molecule has 1 saturated carbocycles. The Bertz CT molecular complexity index is 1740. The number of aliphatic hydroxyl groups is 1. The van der Waals surface area contributed by atoms with Crippen molar-refractivity contribution < 1.29 is 19.4 Å². The third kappa shape index (κ3) is 4.92. The number of likely N-dealkylation sites (tertiary alicyclic amines) is 1. The van der Waals surface area contributed by atoms with Gasteiger partial charge in [-0.15, -0.1) is 0 Å². The zero-order chi connectivity index (χ0) is 29.4. The summed E-state index contributed by atoms with van der Waals surface area (Å²) in [6.07, 6.45) is 3.33. The van der Waals surface area contributed by atoms with E-state index in [2.05, 4.69) is 33.4 Å². The molecule has 214 valence electrons. The quantitative estimate of drug-likeness (QED) is 0.244. The number of carbonyl (C=O) groups is 1. The highest BCUT2D eigenvalue weighted by Crippen LogP contribution is 2.51. The van der Waals surface area contributed by atoms with Crippen molar-refractivity contribution in [1.29, 1.82) is 0 Å². The predicted molar refractivity (Wildman–Crippen MR) is 159 cm³/mol. The van der Waals surface area contributed by atoms with Gasteiger partial charge in [0.1, 0.15) is 23.5 Å². The smallest absolute Gasteiger partial charge is 0.245 e. The van der Waals surface area contributed by atoms with Gasteiger partial charge in [-0.3, -0.25) is 4.79 Å². The maximum Gasteiger partial charge on any atom is 0.245 e. The number of pyridine rings is 1. The van der Waals surface area contributed by atoms with Gasteiger partial charge in [-0.2, -0.15) is 0 Å². The number of aryl methyl sites for hydroxylation is 2. The molecule has 4 aromatic rings. The van der Waals surface area contributed by atoms with E-state index in [0.29, 0.717) is 72.1 Å². The highest BCUT2D eigenvalue weighted by Gasteiger charge is 2.55. The molecule has 42 heavy (non-hydrogen) atoms. The van der Waals surface area contributed by atoms with Crippen LogP contribution in [0, 0.1) is 36.5 Å². The number of hydrogen-bond acceptors (Lipinski definition) is 8. The molecule has 2 fully saturated rings. The van der Waals surface area contributed by atoms with Crippen LogP contribution < -0.4 is 15.2 Å². The number of aliphatic hydroxyl groups excluding tert-OH is 1. The zero-order valence-electron chi connectivity index (χ0n) is 23.6. The third-order valence-electron chi connectivity index (χ3n) is 7.98. The third-order valence-corrected chi connectivity index (χ3v) is 7.98. The first-order valence-electron chi connectivity index (χ1n) is 13.9. The topological polar surface area (TPSA) is 129 Å². The van der Waals surface area contributed by atoms with Crippen molar-refractivity contribution in [2.75, 3.05) is 32.5 Å². The zero-order valence-corrected chi connectivity index (χ0v) is 23.6. The van der Waals surface area contributed by atoms with Crippen LogP contribution in [-0.2, 0) is 11.3 Å². The second kappa shape index (κ2) is 11.2. The number of benzene rings is 1. The molecule has 3 atom stereocenters. The summed E-state index contributed by atoms with van der Waals surface area (Å²) in [6.45, 7) is 7.42. The summed E-state index contributed by atoms with van der Waals surface area (Å²) in [5.74, 6) is 9.67. The van der Waals surface area contributed by atoms with E-state index in [0.717, 1.165) is 22.5 Å². The number of piperidine rings is 1. The van der Waals surface area contributed by atoms with Gasteiger partial charge < -0.3 is 29.8 Å². The molecule has 6 rings (SSSR count). The minimum atomic E-state index is -0.0334. The molecule has 10 nitrogen and oxygen atoms in total. The molecular weight excluding hydrogens is 532 g/mol. The fraction of sp³-hybridized carbons (Fsp3) is 0.312. The molecule has 2 aliphatic rings. The van der Waals surface area contributed by atoms with Gasteiger partial charge in [0.05, 0.1) is 12.5 Å². The molecule has 0 unspecified atom stereocenters. The van der Waals surface area contributed by atoms with E-state index < -0.39 is 0 Å². The molecule has 1 aliphatic heterocycles. The number of rotatable bonds is 8. The van der Waals surface area contributed by atoms with Crippen LogP contribution in [0.25, 0.3) is 22.2 Å². The molecule has 3 aromatic heterocycles. The predicted octanol–water partition coefficient (Wildman–Crippen LogP) is 3.81. The van der Waals surface area contributed by atoms with E-state index in [1.54, 1.807) is 13.2 Å². The Kier molecular flexibility index (Phi) is 7.27. The average molecular weight is 565 g/mol. The summed E-state index contributed by atoms with van der Waals surface area (Å²) in [7, 11) is 1.59. The summed E-state index contributed by atoms with van der Waals surface area (Å²) in [5.41, 5.74) is 10.3. The van der Waals surface area contributed by atoms with E-state index >= 15 is 0 Å². The molecule has 0 radical (unpaired) electrons. The van der Waals surface area contributed by atoms with E-state index in [4.69, 9.17) is 15.2 Å². The van der Waals surface area contributed by atoms with Crippen molar-refractivity contribution in [2.45, 2.75) is 19.9 Å². The van der Waals surface area contributed by atoms with E-state index in [1.807, 2.05) is 46.7 Å². The molecule has 3 N–H and O–H groups in total. The normalized spacial score (nSPS) is 18.7. The Balaban J connectivity index is 1.43. The molecule has 1 amide bonds. The van der Waals surface area contributed by atoms with Gasteiger partial charge in [0.25, 0.3) is 0 Å². The molecular formula is C32H32N6O4. The monoisotopic (exact) mass is 564 g/mol. The number of nitrogen functional groups attached to an aromatic ring is 1. The number of nitrogens with two attached hydrogens (primary N) is 1. The largest absolute Gasteiger partial charge is 0.493 e. The molecule has 10 heteroatoms. The number of ether oxygens (including phenoxy) is 2. The minimum absolute atomic E-state index is 0.0231. The SMILES string of the molecule is C=CC(=O)N1C[C@@H]2[C@@H](C#Cc3c(-c4ccc(Oc5cccc(C)n5)c(OC)c4)c4c(N)ncnc4n3CCCO)[C@@H]2C1. The van der Waals surface area contributed by atoms with Crippen LogP contribution in [-0.4, -0.2) is 62.2 Å². The number of anilines is 1. The van der Waals surface area contributed by atoms with Crippen LogP contribution in [0.2, 0.25) is 0 Å². The maximum atomic E-state index is 12.0. The van der Waals surface area contributed by atoms with Gasteiger partial charge in [-0.25, -0.2) is 15.0 Å². The average Bonchev–Trinajstić information content (AvgIpc) is 3.29. The second-order valence-corrected chi connectivity index (χ2v) is 10.6. The van der Waals surface area contributed by atoms with Crippen LogP contribution in [0.3, 0.4) is 0 Å². The van der Waals surface area contributed by atoms with Crippen molar-refractivity contribution in [3.63, 3.8) is 0 Å². The van der Waals surface area contributed by atoms with E-state index in [-0.39, 0.29) is 18.4 Å². The summed E-state index contributed by atoms with van der Waals surface area (Å²) in [6, 6.07) is 11.2. The van der Waals surface area contributed by atoms with Crippen molar-refractivity contribution >= 4 is 22.8 Å². The van der Waals surface area contributed by atoms with Crippen LogP contribution in [0.5, 0.6) is 17.4 Å². The fourth-order valence-corrected chi connectivity index (χ4v) is 5.85. The molecule has 4 heterocycles. The molecule has 0 bridgehead atoms. The van der Waals surface area contributed by atoms with Crippen molar-refractivity contribution in [3.05, 3.63) is 66.8 Å². The molecule has 0 spiro atoms. The van der Waals surface area contributed by atoms with Gasteiger partial charge in [0.2, 0.25) is 11.8 Å². The Labute approximate surface area is 243 Å². The number of amides is 1. The second-order valence-electron chi connectivity index (χ2n) is 10.6. The van der Waals surface area contributed by atoms with Gasteiger partial charge in [-0.05, 0) is 60.9 Å². The van der Waals surface area contributed by atoms with Gasteiger partial charge in [-0.1, -0.05) is 24.6 Å². The number of aromatic nitrogens is 4. The first-order chi connectivity index (χ1) is 20.4. The first kappa shape index (κ1) is 27.3. The van der Waals surface area contributed by atoms with Crippen molar-refractivity contribution in [2.24, 2.45) is 17.8 Å². The first-order valence-corrected chi connectivity index (χ1v) is 13.9. The standard InChI is InChI=1S/C32H32N6O4/c1-4-28(40)37-16-22-21(23(22)17-37)10-11-24-29(30-31(33)34-18-35-32(30)38(24)13-6-14-39)20-9-12-25(26(15-20)41-3)42-27-8-5-7-19(2)36-27/h4-5,7-9,12,15,18,21-23,39H,1,6,13-14,16-17H2,2-3H3,(H2,33,34,35)/t21-,22-,23+. The Morgan fingerprint density at radius 2 is 2.02 bits per heavy atom. The Morgan fingerprint density at radius 1 is 1.21 bits per heavy atom. The summed E-state index contributed by atoms with van der Waals surface area (Å²) in [4.78, 5) is 27.2. The van der Waals surface area contributed by atoms with E-state index in [9.17, 15) is 9.90 Å². The van der Waals surface area contributed by atoms with Crippen LogP contribution in [0.15, 0.2) is 55.4 Å². The number of methoxy groups -OCH3 is 1. The van der Waals surface area contributed by atoms with Crippen LogP contribution >= 0.6 is 0 Å². The lowest BCUT2D eigenvalue weighted by molar-refractivity contribution is -0.125. The highest BCUT2D eigenvalue weighted by atomic mass is 16.5. The molecule has 1 saturated heterocycles. The van der Waals surface area contributed by atoms with Crippen molar-refractivity contribution in [1.82, 2.24) is 24.4 Å². The summed E-state index contributed by atoms with van der Waals surface area (Å²) in [5, 5.41) is 10.3. The van der Waals surface area contributed by atoms with E-state index in [1.165, 1.54) is 12.4 Å². The van der Waals surface area contributed by atoms with Crippen LogP contribution in [0.4, 0.5) is 5.82 Å². The van der Waals surface area contributed by atoms with Crippen LogP contribution in [0.1, 0.15) is 17.8 Å². The number of hydrogen-bond donors (Lipinski definition) is 2. The Morgan fingerprint density at radius 3 is 2.74 bits per heavy atom. The van der Waals surface area contributed by atoms with Gasteiger partial charge in [0.15, 0.2) is 11.5 Å². The lowest BCUT2D eigenvalue weighted by atomic mass is 10.0. The molecule has 1 aromatic carbocycles. The fourth-order valence-electron chi connectivity index (χ4n) is 5.85. The van der Waals surface area contributed by atoms with Crippen molar-refractivity contribution in [3.8, 4) is 40.3 Å². The Hall–Kier alpha value is -4.88. The number of fused-ring (bicyclic) bond motifs is 2. The lowest BCUT2D eigenvalue weighted by Gasteiger charge is -2.16.